The Hall–Kier alpha value is -2.88. The number of nitrogens with zero attached hydrogens (tertiary/aromatic N) is 1. The lowest BCUT2D eigenvalue weighted by molar-refractivity contribution is -0.129. The number of hydrogen-bond acceptors (Lipinski definition) is 2. The first-order chi connectivity index (χ1) is 12.3. The van der Waals surface area contributed by atoms with Gasteiger partial charge in [0.1, 0.15) is 0 Å². The van der Waals surface area contributed by atoms with E-state index in [1.165, 1.54) is 16.5 Å². The summed E-state index contributed by atoms with van der Waals surface area (Å²) < 4.78 is 0. The van der Waals surface area contributed by atoms with Gasteiger partial charge >= 0.3 is 0 Å². The number of carbonyl (C=O) groups excluding carboxylic acids is 2. The second-order valence-corrected chi connectivity index (χ2v) is 6.76. The minimum Gasteiger partial charge on any atom is -0.333 e. The molecule has 0 unspecified atom stereocenters. The van der Waals surface area contributed by atoms with Crippen LogP contribution in [0.2, 0.25) is 0 Å². The Labute approximate surface area is 155 Å². The van der Waals surface area contributed by atoms with E-state index in [1.807, 2.05) is 64.1 Å². The normalized spacial score (nSPS) is 10.8. The number of anilines is 1. The average Bonchev–Trinajstić information content (AvgIpc) is 2.57. The second-order valence-electron chi connectivity index (χ2n) is 6.76. The third kappa shape index (κ3) is 5.31. The van der Waals surface area contributed by atoms with Crippen LogP contribution in [0.15, 0.2) is 42.5 Å². The first-order valence-electron chi connectivity index (χ1n) is 8.64. The van der Waals surface area contributed by atoms with Crippen LogP contribution >= 0.6 is 0 Å². The minimum atomic E-state index is -0.210. The number of rotatable bonds is 5. The molecule has 136 valence electrons. The third-order valence-corrected chi connectivity index (χ3v) is 4.19. The first-order valence-corrected chi connectivity index (χ1v) is 8.64. The van der Waals surface area contributed by atoms with Gasteiger partial charge < -0.3 is 10.2 Å². The molecular formula is C22H26N2O2. The summed E-state index contributed by atoms with van der Waals surface area (Å²) in [6.07, 6.45) is 3.24. The van der Waals surface area contributed by atoms with Gasteiger partial charge in [-0.05, 0) is 50.5 Å². The molecular weight excluding hydrogens is 324 g/mol. The summed E-state index contributed by atoms with van der Waals surface area (Å²) >= 11 is 0. The zero-order valence-corrected chi connectivity index (χ0v) is 16.1. The molecule has 0 radical (unpaired) electrons. The number of nitrogens with one attached hydrogen (secondary N) is 1. The van der Waals surface area contributed by atoms with Gasteiger partial charge in [0.15, 0.2) is 0 Å². The highest BCUT2D eigenvalue weighted by molar-refractivity contribution is 5.98. The molecule has 0 spiro atoms. The van der Waals surface area contributed by atoms with Gasteiger partial charge in [-0.1, -0.05) is 47.5 Å². The lowest BCUT2D eigenvalue weighted by Gasteiger charge is -2.17. The molecule has 0 fully saturated rings. The van der Waals surface area contributed by atoms with E-state index in [4.69, 9.17) is 0 Å². The molecule has 26 heavy (non-hydrogen) atoms. The van der Waals surface area contributed by atoms with Gasteiger partial charge in [0, 0.05) is 18.8 Å². The summed E-state index contributed by atoms with van der Waals surface area (Å²) in [6.45, 7) is 7.98. The predicted octanol–water partition coefficient (Wildman–Crippen LogP) is 4.03. The summed E-state index contributed by atoms with van der Waals surface area (Å²) in [5.41, 5.74) is 6.13. The SMILES string of the molecule is Cc1ccc(/C=C/C(=O)N(C)CC(=O)Nc2c(C)cc(C)cc2C)cc1. The van der Waals surface area contributed by atoms with Crippen LogP contribution in [0.25, 0.3) is 6.08 Å². The summed E-state index contributed by atoms with van der Waals surface area (Å²) in [7, 11) is 1.62. The Kier molecular flexibility index (Phi) is 6.34. The van der Waals surface area contributed by atoms with Crippen molar-refractivity contribution < 1.29 is 9.59 Å². The highest BCUT2D eigenvalue weighted by Gasteiger charge is 2.13. The maximum absolute atomic E-state index is 12.3. The van der Waals surface area contributed by atoms with Crippen LogP contribution in [0.4, 0.5) is 5.69 Å². The van der Waals surface area contributed by atoms with Crippen LogP contribution in [0.1, 0.15) is 27.8 Å². The highest BCUT2D eigenvalue weighted by atomic mass is 16.2. The van der Waals surface area contributed by atoms with Gasteiger partial charge in [-0.15, -0.1) is 0 Å². The molecule has 0 saturated heterocycles. The molecule has 0 bridgehead atoms. The van der Waals surface area contributed by atoms with Crippen LogP contribution in [0, 0.1) is 27.7 Å². The smallest absolute Gasteiger partial charge is 0.246 e. The number of carbonyl (C=O) groups is 2. The molecule has 0 heterocycles. The van der Waals surface area contributed by atoms with Gasteiger partial charge in [0.2, 0.25) is 11.8 Å². The molecule has 0 aliphatic heterocycles. The summed E-state index contributed by atoms with van der Waals surface area (Å²) in [4.78, 5) is 25.9. The molecule has 2 amide bonds. The first kappa shape index (κ1) is 19.4. The van der Waals surface area contributed by atoms with E-state index in [2.05, 4.69) is 5.32 Å². The standard InChI is InChI=1S/C22H26N2O2/c1-15-6-8-19(9-7-15)10-11-21(26)24(5)14-20(25)23-22-17(3)12-16(2)13-18(22)4/h6-13H,14H2,1-5H3,(H,23,25)/b11-10+. The maximum atomic E-state index is 12.3. The monoisotopic (exact) mass is 350 g/mol. The van der Waals surface area contributed by atoms with Crippen LogP contribution in [0.5, 0.6) is 0 Å². The topological polar surface area (TPSA) is 49.4 Å². The van der Waals surface area contributed by atoms with E-state index in [9.17, 15) is 9.59 Å². The Bertz CT molecular complexity index is 813. The second kappa shape index (κ2) is 8.48. The molecule has 2 aromatic rings. The van der Waals surface area contributed by atoms with Crippen LogP contribution < -0.4 is 5.32 Å². The van der Waals surface area contributed by atoms with Gasteiger partial charge in [-0.25, -0.2) is 0 Å². The van der Waals surface area contributed by atoms with Crippen molar-refractivity contribution in [3.8, 4) is 0 Å². The fourth-order valence-electron chi connectivity index (χ4n) is 2.82. The van der Waals surface area contributed by atoms with Crippen molar-refractivity contribution in [3.05, 3.63) is 70.3 Å². The predicted molar refractivity (Wildman–Crippen MR) is 107 cm³/mol. The highest BCUT2D eigenvalue weighted by Crippen LogP contribution is 2.21. The lowest BCUT2D eigenvalue weighted by atomic mass is 10.1. The summed E-state index contributed by atoms with van der Waals surface area (Å²) in [5, 5.41) is 2.91. The fraction of sp³-hybridized carbons (Fsp3) is 0.273. The number of amides is 2. The van der Waals surface area contributed by atoms with Gasteiger partial charge in [0.05, 0.1) is 6.54 Å². The Morgan fingerprint density at radius 3 is 2.12 bits per heavy atom. The van der Waals surface area contributed by atoms with Crippen LogP contribution in [-0.2, 0) is 9.59 Å². The van der Waals surface area contributed by atoms with Crippen molar-refractivity contribution in [2.24, 2.45) is 0 Å². The zero-order chi connectivity index (χ0) is 19.3. The maximum Gasteiger partial charge on any atom is 0.246 e. The summed E-state index contributed by atoms with van der Waals surface area (Å²) in [5.74, 6) is -0.419. The van der Waals surface area contributed by atoms with Crippen LogP contribution in [-0.4, -0.2) is 30.3 Å². The van der Waals surface area contributed by atoms with Crippen molar-refractivity contribution in [1.29, 1.82) is 0 Å². The largest absolute Gasteiger partial charge is 0.333 e. The van der Waals surface area contributed by atoms with Crippen molar-refractivity contribution in [2.45, 2.75) is 27.7 Å². The molecule has 2 rings (SSSR count). The summed E-state index contributed by atoms with van der Waals surface area (Å²) in [6, 6.07) is 12.0. The van der Waals surface area contributed by atoms with Crippen molar-refractivity contribution in [3.63, 3.8) is 0 Å². The van der Waals surface area contributed by atoms with Gasteiger partial charge in [0.25, 0.3) is 0 Å². The molecule has 0 saturated carbocycles. The zero-order valence-electron chi connectivity index (χ0n) is 16.1. The van der Waals surface area contributed by atoms with Crippen molar-refractivity contribution >= 4 is 23.6 Å². The van der Waals surface area contributed by atoms with E-state index in [0.29, 0.717) is 0 Å². The van der Waals surface area contributed by atoms with E-state index < -0.39 is 0 Å². The van der Waals surface area contributed by atoms with Gasteiger partial charge in [-0.3, -0.25) is 9.59 Å². The molecule has 4 heteroatoms. The molecule has 0 aliphatic rings. The Morgan fingerprint density at radius 1 is 0.962 bits per heavy atom. The molecule has 0 atom stereocenters. The van der Waals surface area contributed by atoms with E-state index in [1.54, 1.807) is 13.1 Å². The molecule has 2 aromatic carbocycles. The lowest BCUT2D eigenvalue weighted by Crippen LogP contribution is -2.34. The van der Waals surface area contributed by atoms with E-state index in [-0.39, 0.29) is 18.4 Å². The number of likely N-dealkylation sites (N-methyl/N-ethyl adjacent to an activating group) is 1. The fourth-order valence-corrected chi connectivity index (χ4v) is 2.82. The average molecular weight is 350 g/mol. The van der Waals surface area contributed by atoms with Crippen molar-refractivity contribution in [2.75, 3.05) is 18.9 Å². The number of hydrogen-bond donors (Lipinski definition) is 1. The quantitative estimate of drug-likeness (QED) is 0.828. The Morgan fingerprint density at radius 2 is 1.54 bits per heavy atom. The Balaban J connectivity index is 1.96. The van der Waals surface area contributed by atoms with Crippen molar-refractivity contribution in [1.82, 2.24) is 4.90 Å². The molecule has 4 nitrogen and oxygen atoms in total. The minimum absolute atomic E-state index is 0.00380. The van der Waals surface area contributed by atoms with E-state index >= 15 is 0 Å². The number of aryl methyl sites for hydroxylation is 4. The number of benzene rings is 2. The van der Waals surface area contributed by atoms with E-state index in [0.717, 1.165) is 27.9 Å². The molecule has 1 N–H and O–H groups in total. The van der Waals surface area contributed by atoms with Gasteiger partial charge in [-0.2, -0.15) is 0 Å². The molecule has 0 aliphatic carbocycles. The molecule has 0 aromatic heterocycles. The van der Waals surface area contributed by atoms with Crippen LogP contribution in [0.3, 0.4) is 0 Å². The third-order valence-electron chi connectivity index (χ3n) is 4.19.